The van der Waals surface area contributed by atoms with Crippen LogP contribution < -0.4 is 16.0 Å². The van der Waals surface area contributed by atoms with Crippen LogP contribution in [0.5, 0.6) is 0 Å². The maximum absolute atomic E-state index is 14.2. The predicted octanol–water partition coefficient (Wildman–Crippen LogP) is 3.20. The highest BCUT2D eigenvalue weighted by molar-refractivity contribution is 6.04. The topological polar surface area (TPSA) is 105 Å². The van der Waals surface area contributed by atoms with Crippen LogP contribution in [0.25, 0.3) is 22.2 Å². The average molecular weight is 447 g/mol. The van der Waals surface area contributed by atoms with Crippen LogP contribution in [0.15, 0.2) is 60.9 Å². The first-order chi connectivity index (χ1) is 16.0. The summed E-state index contributed by atoms with van der Waals surface area (Å²) in [4.78, 5) is 21.1. The van der Waals surface area contributed by atoms with Gasteiger partial charge in [0.2, 0.25) is 0 Å². The lowest BCUT2D eigenvalue weighted by atomic mass is 10.00. The third-order valence-electron chi connectivity index (χ3n) is 5.33. The largest absolute Gasteiger partial charge is 0.365 e. The molecule has 1 aliphatic heterocycles. The van der Waals surface area contributed by atoms with Gasteiger partial charge in [0.1, 0.15) is 11.6 Å². The van der Waals surface area contributed by atoms with Gasteiger partial charge in [-0.1, -0.05) is 6.07 Å². The zero-order valence-electron chi connectivity index (χ0n) is 17.3. The van der Waals surface area contributed by atoms with Crippen molar-refractivity contribution < 1.29 is 13.6 Å². The smallest absolute Gasteiger partial charge is 0.256 e. The third kappa shape index (κ3) is 4.60. The summed E-state index contributed by atoms with van der Waals surface area (Å²) in [6.07, 6.45) is 3.17. The molecule has 0 bridgehead atoms. The molecule has 0 saturated carbocycles. The summed E-state index contributed by atoms with van der Waals surface area (Å²) in [6.45, 7) is 0.792. The Morgan fingerprint density at radius 1 is 1.03 bits per heavy atom. The van der Waals surface area contributed by atoms with Crippen molar-refractivity contribution in [2.75, 3.05) is 30.3 Å². The minimum Gasteiger partial charge on any atom is -0.365 e. The fourth-order valence-electron chi connectivity index (χ4n) is 3.42. The summed E-state index contributed by atoms with van der Waals surface area (Å²) in [7, 11) is 0. The minimum absolute atomic E-state index is 0.155. The molecule has 2 aromatic heterocycles. The van der Waals surface area contributed by atoms with E-state index in [0.717, 1.165) is 10.9 Å². The number of halogens is 2. The van der Waals surface area contributed by atoms with Gasteiger partial charge >= 0.3 is 0 Å². The molecule has 5 rings (SSSR count). The van der Waals surface area contributed by atoms with E-state index >= 15 is 0 Å². The molecule has 10 heteroatoms. The third-order valence-corrected chi connectivity index (χ3v) is 5.33. The molecule has 33 heavy (non-hydrogen) atoms. The molecule has 8 nitrogen and oxygen atoms in total. The number of nitrogens with one attached hydrogen (secondary N) is 3. The minimum atomic E-state index is -1.27. The molecule has 2 aromatic carbocycles. The number of carbonyl (C=O) groups is 1. The van der Waals surface area contributed by atoms with E-state index in [1.165, 1.54) is 24.3 Å². The summed E-state index contributed by atoms with van der Waals surface area (Å²) >= 11 is 0. The molecule has 1 amide bonds. The highest BCUT2D eigenvalue weighted by atomic mass is 19.1. The van der Waals surface area contributed by atoms with E-state index in [1.54, 1.807) is 24.5 Å². The molecule has 1 aliphatic rings. The number of anilines is 2. The van der Waals surface area contributed by atoms with E-state index < -0.39 is 17.4 Å². The molecule has 1 saturated heterocycles. The second-order valence-electron chi connectivity index (χ2n) is 7.86. The van der Waals surface area contributed by atoms with Gasteiger partial charge in [-0.05, 0) is 42.5 Å². The fraction of sp³-hybridized carbons (Fsp3) is 0.174. The van der Waals surface area contributed by atoms with Crippen LogP contribution in [0.4, 0.5) is 20.4 Å². The molecule has 4 aromatic rings. The van der Waals surface area contributed by atoms with Crippen molar-refractivity contribution in [3.05, 3.63) is 72.3 Å². The van der Waals surface area contributed by atoms with Gasteiger partial charge in [-0.3, -0.25) is 9.78 Å². The number of aromatic nitrogens is 4. The average Bonchev–Trinajstić information content (AvgIpc) is 2.81. The van der Waals surface area contributed by atoms with Gasteiger partial charge < -0.3 is 16.0 Å². The van der Waals surface area contributed by atoms with Crippen molar-refractivity contribution >= 4 is 28.4 Å². The molecule has 166 valence electrons. The summed E-state index contributed by atoms with van der Waals surface area (Å²) in [5.41, 5.74) is 1.06. The maximum Gasteiger partial charge on any atom is 0.256 e. The van der Waals surface area contributed by atoms with E-state index in [1.807, 2.05) is 12.1 Å². The summed E-state index contributed by atoms with van der Waals surface area (Å²) in [5, 5.41) is 17.5. The number of nitrogens with zero attached hydrogens (tertiary/aromatic N) is 4. The number of hydrogen-bond donors (Lipinski definition) is 3. The van der Waals surface area contributed by atoms with Crippen LogP contribution >= 0.6 is 0 Å². The summed E-state index contributed by atoms with van der Waals surface area (Å²) in [6, 6.07) is 12.4. The Morgan fingerprint density at radius 2 is 1.85 bits per heavy atom. The normalized spacial score (nSPS) is 14.5. The van der Waals surface area contributed by atoms with E-state index in [9.17, 15) is 13.6 Å². The van der Waals surface area contributed by atoms with Crippen LogP contribution in [0.3, 0.4) is 0 Å². The van der Waals surface area contributed by atoms with Crippen molar-refractivity contribution in [3.63, 3.8) is 0 Å². The predicted molar refractivity (Wildman–Crippen MR) is 120 cm³/mol. The maximum atomic E-state index is 14.2. The molecular weight excluding hydrogens is 428 g/mol. The molecule has 3 N–H and O–H groups in total. The molecule has 3 heterocycles. The van der Waals surface area contributed by atoms with Gasteiger partial charge in [-0.2, -0.15) is 0 Å². The highest BCUT2D eigenvalue weighted by Crippen LogP contribution is 2.24. The summed E-state index contributed by atoms with van der Waals surface area (Å²) < 4.78 is 27.3. The number of amides is 1. The molecule has 0 aliphatic carbocycles. The Bertz CT molecular complexity index is 1330. The Hall–Kier alpha value is -4.05. The zero-order valence-corrected chi connectivity index (χ0v) is 17.3. The Labute approximate surface area is 187 Å². The number of carbonyl (C=O) groups excluding carboxylic acids is 1. The van der Waals surface area contributed by atoms with Gasteiger partial charge in [0.05, 0.1) is 30.1 Å². The first-order valence-corrected chi connectivity index (χ1v) is 10.3. The van der Waals surface area contributed by atoms with Crippen molar-refractivity contribution in [2.45, 2.75) is 5.67 Å². The second-order valence-corrected chi connectivity index (χ2v) is 7.86. The zero-order chi connectivity index (χ0) is 22.8. The van der Waals surface area contributed by atoms with Gasteiger partial charge in [0.15, 0.2) is 11.5 Å². The van der Waals surface area contributed by atoms with E-state index in [-0.39, 0.29) is 12.4 Å². The van der Waals surface area contributed by atoms with E-state index in [0.29, 0.717) is 35.7 Å². The van der Waals surface area contributed by atoms with E-state index in [2.05, 4.69) is 36.1 Å². The van der Waals surface area contributed by atoms with Crippen LogP contribution in [0.2, 0.25) is 0 Å². The lowest BCUT2D eigenvalue weighted by Gasteiger charge is -2.35. The van der Waals surface area contributed by atoms with Gasteiger partial charge in [0, 0.05) is 29.6 Å². The van der Waals surface area contributed by atoms with Crippen molar-refractivity contribution in [3.8, 4) is 11.3 Å². The standard InChI is InChI=1S/C23H19F2N7O/c24-17-4-1-14(2-5-17)22(33)30-20-8-16-7-15(3-6-18(16)31-32-20)19-9-26-10-21(29-19)28-13-23(25)11-27-12-23/h1-10,27H,11-13H2,(H,28,29)(H,30,32,33). The number of rotatable bonds is 6. The van der Waals surface area contributed by atoms with Gasteiger partial charge in [-0.15, -0.1) is 10.2 Å². The van der Waals surface area contributed by atoms with Crippen LogP contribution in [0.1, 0.15) is 10.4 Å². The van der Waals surface area contributed by atoms with Crippen molar-refractivity contribution in [1.29, 1.82) is 0 Å². The van der Waals surface area contributed by atoms with E-state index in [4.69, 9.17) is 0 Å². The van der Waals surface area contributed by atoms with Gasteiger partial charge in [0.25, 0.3) is 5.91 Å². The number of hydrogen-bond acceptors (Lipinski definition) is 7. The van der Waals surface area contributed by atoms with Crippen LogP contribution in [0, 0.1) is 5.82 Å². The monoisotopic (exact) mass is 447 g/mol. The number of benzene rings is 2. The Morgan fingerprint density at radius 3 is 2.61 bits per heavy atom. The lowest BCUT2D eigenvalue weighted by Crippen LogP contribution is -2.59. The number of alkyl halides is 1. The van der Waals surface area contributed by atoms with Crippen molar-refractivity contribution in [2.24, 2.45) is 0 Å². The molecule has 1 fully saturated rings. The van der Waals surface area contributed by atoms with Crippen LogP contribution in [-0.4, -0.2) is 51.4 Å². The SMILES string of the molecule is O=C(Nc1cc2cc(-c3cncc(NCC4(F)CNC4)n3)ccc2nn1)c1ccc(F)cc1. The molecule has 0 atom stereocenters. The Balaban J connectivity index is 1.36. The molecule has 0 radical (unpaired) electrons. The Kier molecular flexibility index (Phi) is 5.35. The van der Waals surface area contributed by atoms with Crippen molar-refractivity contribution in [1.82, 2.24) is 25.5 Å². The first-order valence-electron chi connectivity index (χ1n) is 10.3. The second kappa shape index (κ2) is 8.47. The van der Waals surface area contributed by atoms with Crippen LogP contribution in [-0.2, 0) is 0 Å². The molecular formula is C23H19F2N7O. The first kappa shape index (κ1) is 20.8. The molecule has 0 spiro atoms. The van der Waals surface area contributed by atoms with Gasteiger partial charge in [-0.25, -0.2) is 13.8 Å². The number of fused-ring (bicyclic) bond motifs is 1. The fourth-order valence-corrected chi connectivity index (χ4v) is 3.42. The quantitative estimate of drug-likeness (QED) is 0.417. The summed E-state index contributed by atoms with van der Waals surface area (Å²) in [5.74, 6) is -0.0950. The lowest BCUT2D eigenvalue weighted by molar-refractivity contribution is 0.102. The highest BCUT2D eigenvalue weighted by Gasteiger charge is 2.36. The molecule has 0 unspecified atom stereocenters.